The number of carbonyl (C=O) groups excluding carboxylic acids is 1. The number of aryl methyl sites for hydroxylation is 2. The summed E-state index contributed by atoms with van der Waals surface area (Å²) in [7, 11) is -3.76. The minimum absolute atomic E-state index is 0.0150. The first kappa shape index (κ1) is 20.1. The maximum Gasteiger partial charge on any atom is 0.245 e. The van der Waals surface area contributed by atoms with Gasteiger partial charge in [-0.2, -0.15) is 0 Å². The van der Waals surface area contributed by atoms with Crippen LogP contribution in [0.3, 0.4) is 0 Å². The largest absolute Gasteiger partial charge is 0.360 e. The van der Waals surface area contributed by atoms with Crippen LogP contribution in [0.2, 0.25) is 0 Å². The molecule has 26 heavy (non-hydrogen) atoms. The Morgan fingerprint density at radius 3 is 2.42 bits per heavy atom. The first-order valence-electron chi connectivity index (χ1n) is 8.34. The summed E-state index contributed by atoms with van der Waals surface area (Å²) in [6.45, 7) is 9.27. The van der Waals surface area contributed by atoms with Crippen LogP contribution in [0.1, 0.15) is 44.2 Å². The van der Waals surface area contributed by atoms with E-state index in [1.54, 1.807) is 6.92 Å². The average Bonchev–Trinajstić information content (AvgIpc) is 2.86. The van der Waals surface area contributed by atoms with E-state index in [0.29, 0.717) is 5.69 Å². The number of sulfonamides is 1. The fourth-order valence-electron chi connectivity index (χ4n) is 2.69. The van der Waals surface area contributed by atoms with E-state index in [-0.39, 0.29) is 34.9 Å². The number of hydrogen-bond acceptors (Lipinski definition) is 5. The van der Waals surface area contributed by atoms with Crippen molar-refractivity contribution in [3.63, 3.8) is 0 Å². The van der Waals surface area contributed by atoms with Crippen LogP contribution >= 0.6 is 0 Å². The van der Waals surface area contributed by atoms with Crippen LogP contribution < -0.4 is 10.0 Å². The minimum Gasteiger partial charge on any atom is -0.360 e. The average molecular weight is 379 g/mol. The van der Waals surface area contributed by atoms with Gasteiger partial charge in [-0.3, -0.25) is 4.79 Å². The van der Waals surface area contributed by atoms with E-state index in [0.717, 1.165) is 11.3 Å². The molecule has 0 atom stereocenters. The molecule has 1 heterocycles. The SMILES string of the molecule is Cc1noc(C)c1S(=O)(=O)NCCC(=O)Nc1ccccc1C(C)(C)C. The van der Waals surface area contributed by atoms with Gasteiger partial charge in [0.2, 0.25) is 15.9 Å². The van der Waals surface area contributed by atoms with Crippen LogP contribution in [0.25, 0.3) is 0 Å². The number of aromatic nitrogens is 1. The Morgan fingerprint density at radius 1 is 1.19 bits per heavy atom. The van der Waals surface area contributed by atoms with Crippen molar-refractivity contribution in [1.29, 1.82) is 0 Å². The van der Waals surface area contributed by atoms with Crippen LogP contribution in [0.15, 0.2) is 33.7 Å². The number of hydrogen-bond donors (Lipinski definition) is 2. The van der Waals surface area contributed by atoms with Crippen molar-refractivity contribution in [2.75, 3.05) is 11.9 Å². The van der Waals surface area contributed by atoms with Crippen LogP contribution in [-0.2, 0) is 20.2 Å². The lowest BCUT2D eigenvalue weighted by Crippen LogP contribution is -2.29. The Morgan fingerprint density at radius 2 is 1.85 bits per heavy atom. The lowest BCUT2D eigenvalue weighted by Gasteiger charge is -2.23. The summed E-state index contributed by atoms with van der Waals surface area (Å²) in [5.74, 6) is -0.0401. The number of amides is 1. The highest BCUT2D eigenvalue weighted by Crippen LogP contribution is 2.29. The molecular weight excluding hydrogens is 354 g/mol. The molecule has 7 nitrogen and oxygen atoms in total. The molecule has 0 radical (unpaired) electrons. The third kappa shape index (κ3) is 4.70. The predicted octanol–water partition coefficient (Wildman–Crippen LogP) is 2.90. The molecule has 1 aromatic heterocycles. The van der Waals surface area contributed by atoms with Crippen molar-refractivity contribution in [2.24, 2.45) is 0 Å². The van der Waals surface area contributed by atoms with Crippen molar-refractivity contribution >= 4 is 21.6 Å². The molecule has 0 fully saturated rings. The standard InChI is InChI=1S/C18H25N3O4S/c1-12-17(13(2)25-21-12)26(23,24)19-11-10-16(22)20-15-9-7-6-8-14(15)18(3,4)5/h6-9,19H,10-11H2,1-5H3,(H,20,22). The summed E-state index contributed by atoms with van der Waals surface area (Å²) in [5.41, 5.74) is 1.93. The van der Waals surface area contributed by atoms with E-state index < -0.39 is 10.0 Å². The van der Waals surface area contributed by atoms with Crippen LogP contribution in [0.4, 0.5) is 5.69 Å². The van der Waals surface area contributed by atoms with Gasteiger partial charge in [0, 0.05) is 18.7 Å². The van der Waals surface area contributed by atoms with Gasteiger partial charge in [-0.25, -0.2) is 13.1 Å². The molecule has 0 saturated carbocycles. The molecule has 0 unspecified atom stereocenters. The Kier molecular flexibility index (Phi) is 5.87. The normalized spacial score (nSPS) is 12.2. The topological polar surface area (TPSA) is 101 Å². The van der Waals surface area contributed by atoms with Gasteiger partial charge >= 0.3 is 0 Å². The number of carbonyl (C=O) groups is 1. The molecule has 0 aliphatic heterocycles. The third-order valence-electron chi connectivity index (χ3n) is 3.89. The molecule has 1 aromatic carbocycles. The summed E-state index contributed by atoms with van der Waals surface area (Å²) in [4.78, 5) is 12.2. The molecule has 1 amide bonds. The van der Waals surface area contributed by atoms with E-state index in [1.165, 1.54) is 6.92 Å². The van der Waals surface area contributed by atoms with Gasteiger partial charge in [-0.15, -0.1) is 0 Å². The Balaban J connectivity index is 1.99. The monoisotopic (exact) mass is 379 g/mol. The van der Waals surface area contributed by atoms with Crippen molar-refractivity contribution < 1.29 is 17.7 Å². The molecule has 2 rings (SSSR count). The van der Waals surface area contributed by atoms with Gasteiger partial charge in [0.1, 0.15) is 10.6 Å². The van der Waals surface area contributed by atoms with E-state index >= 15 is 0 Å². The van der Waals surface area contributed by atoms with Crippen molar-refractivity contribution in [1.82, 2.24) is 9.88 Å². The summed E-state index contributed by atoms with van der Waals surface area (Å²) in [6, 6.07) is 7.58. The zero-order valence-electron chi connectivity index (χ0n) is 15.7. The first-order valence-corrected chi connectivity index (χ1v) is 9.82. The Hall–Kier alpha value is -2.19. The number of nitrogens with one attached hydrogen (secondary N) is 2. The highest BCUT2D eigenvalue weighted by Gasteiger charge is 2.24. The van der Waals surface area contributed by atoms with Crippen molar-refractivity contribution in [3.8, 4) is 0 Å². The van der Waals surface area contributed by atoms with Gasteiger partial charge in [-0.05, 0) is 30.9 Å². The van der Waals surface area contributed by atoms with Crippen LogP contribution in [0, 0.1) is 13.8 Å². The fourth-order valence-corrected chi connectivity index (χ4v) is 4.05. The maximum atomic E-state index is 12.3. The molecule has 8 heteroatoms. The molecule has 0 saturated heterocycles. The number of anilines is 1. The molecule has 142 valence electrons. The second-order valence-corrected chi connectivity index (χ2v) is 8.85. The highest BCUT2D eigenvalue weighted by atomic mass is 32.2. The molecule has 0 bridgehead atoms. The second-order valence-electron chi connectivity index (χ2n) is 7.14. The van der Waals surface area contributed by atoms with Gasteiger partial charge in [0.15, 0.2) is 5.76 Å². The summed E-state index contributed by atoms with van der Waals surface area (Å²) in [6.07, 6.45) is 0.0150. The van der Waals surface area contributed by atoms with Gasteiger partial charge < -0.3 is 9.84 Å². The van der Waals surface area contributed by atoms with Crippen LogP contribution in [-0.4, -0.2) is 26.0 Å². The zero-order valence-corrected chi connectivity index (χ0v) is 16.5. The van der Waals surface area contributed by atoms with E-state index in [4.69, 9.17) is 4.52 Å². The minimum atomic E-state index is -3.76. The van der Waals surface area contributed by atoms with E-state index in [1.807, 2.05) is 24.3 Å². The van der Waals surface area contributed by atoms with Gasteiger partial charge in [-0.1, -0.05) is 44.1 Å². The van der Waals surface area contributed by atoms with E-state index in [9.17, 15) is 13.2 Å². The number of benzene rings is 1. The van der Waals surface area contributed by atoms with Crippen LogP contribution in [0.5, 0.6) is 0 Å². The first-order chi connectivity index (χ1) is 12.0. The number of nitrogens with zero attached hydrogens (tertiary/aromatic N) is 1. The molecule has 2 N–H and O–H groups in total. The second kappa shape index (κ2) is 7.59. The predicted molar refractivity (Wildman–Crippen MR) is 99.6 cm³/mol. The molecule has 0 spiro atoms. The lowest BCUT2D eigenvalue weighted by atomic mass is 9.86. The van der Waals surface area contributed by atoms with E-state index in [2.05, 4.69) is 36.0 Å². The van der Waals surface area contributed by atoms with Gasteiger partial charge in [0.25, 0.3) is 0 Å². The third-order valence-corrected chi connectivity index (χ3v) is 5.59. The summed E-state index contributed by atoms with van der Waals surface area (Å²) < 4.78 is 31.9. The maximum absolute atomic E-state index is 12.3. The fraction of sp³-hybridized carbons (Fsp3) is 0.444. The van der Waals surface area contributed by atoms with Gasteiger partial charge in [0.05, 0.1) is 0 Å². The Bertz CT molecular complexity index is 876. The molecule has 0 aliphatic carbocycles. The molecule has 0 aliphatic rings. The van der Waals surface area contributed by atoms with Crippen molar-refractivity contribution in [2.45, 2.75) is 51.3 Å². The highest BCUT2D eigenvalue weighted by molar-refractivity contribution is 7.89. The molecular formula is C18H25N3O4S. The quantitative estimate of drug-likeness (QED) is 0.804. The summed E-state index contributed by atoms with van der Waals surface area (Å²) >= 11 is 0. The number of rotatable bonds is 6. The van der Waals surface area contributed by atoms with Crippen molar-refractivity contribution in [3.05, 3.63) is 41.3 Å². The zero-order chi connectivity index (χ0) is 19.5. The smallest absolute Gasteiger partial charge is 0.245 e. The number of para-hydroxylation sites is 1. The summed E-state index contributed by atoms with van der Waals surface area (Å²) in [5, 5.41) is 6.50. The Labute approximate surface area is 154 Å². The molecule has 2 aromatic rings. The lowest BCUT2D eigenvalue weighted by molar-refractivity contribution is -0.116.